The van der Waals surface area contributed by atoms with Crippen LogP contribution in [0.3, 0.4) is 0 Å². The number of carbonyl (C=O) groups excluding carboxylic acids is 1. The van der Waals surface area contributed by atoms with Crippen molar-refractivity contribution in [3.05, 3.63) is 23.8 Å². The third-order valence-corrected chi connectivity index (χ3v) is 2.40. The van der Waals surface area contributed by atoms with Gasteiger partial charge >= 0.3 is 0 Å². The van der Waals surface area contributed by atoms with Gasteiger partial charge in [-0.1, -0.05) is 6.07 Å². The van der Waals surface area contributed by atoms with Crippen LogP contribution < -0.4 is 5.32 Å². The van der Waals surface area contributed by atoms with E-state index in [0.29, 0.717) is 6.42 Å². The van der Waals surface area contributed by atoms with Crippen molar-refractivity contribution in [1.82, 2.24) is 0 Å². The Morgan fingerprint density at radius 3 is 3.23 bits per heavy atom. The molecule has 0 saturated carbocycles. The Hall–Kier alpha value is -1.51. The number of aldehydes is 1. The van der Waals surface area contributed by atoms with Crippen molar-refractivity contribution in [1.29, 1.82) is 0 Å². The molecule has 2 N–H and O–H groups in total. The maximum absolute atomic E-state index is 10.4. The number of phenols is 1. The summed E-state index contributed by atoms with van der Waals surface area (Å²) in [7, 11) is 0. The van der Waals surface area contributed by atoms with Gasteiger partial charge in [0.1, 0.15) is 12.0 Å². The lowest BCUT2D eigenvalue weighted by molar-refractivity contribution is -0.108. The fourth-order valence-electron chi connectivity index (χ4n) is 1.72. The highest BCUT2D eigenvalue weighted by Gasteiger charge is 2.21. The first-order valence-electron chi connectivity index (χ1n) is 4.31. The van der Waals surface area contributed by atoms with Crippen molar-refractivity contribution in [2.24, 2.45) is 0 Å². The fraction of sp³-hybridized carbons (Fsp3) is 0.300. The topological polar surface area (TPSA) is 49.3 Å². The molecule has 3 heteroatoms. The summed E-state index contributed by atoms with van der Waals surface area (Å²) >= 11 is 0. The van der Waals surface area contributed by atoms with Gasteiger partial charge in [-0.15, -0.1) is 0 Å². The molecule has 1 aromatic rings. The summed E-state index contributed by atoms with van der Waals surface area (Å²) in [6.07, 6.45) is 1.49. The number of hydrogen-bond acceptors (Lipinski definition) is 3. The largest absolute Gasteiger partial charge is 0.508 e. The van der Waals surface area contributed by atoms with Crippen molar-refractivity contribution >= 4 is 12.0 Å². The van der Waals surface area contributed by atoms with E-state index >= 15 is 0 Å². The molecular formula is C10H11NO2. The minimum atomic E-state index is 0.262. The number of rotatable bonds is 2. The lowest BCUT2D eigenvalue weighted by Gasteiger charge is -2.04. The number of anilines is 1. The SMILES string of the molecule is O=CCC1CNc2cc(O)ccc21. The number of aromatic hydroxyl groups is 1. The van der Waals surface area contributed by atoms with Crippen LogP contribution in [0.15, 0.2) is 18.2 Å². The first-order valence-corrected chi connectivity index (χ1v) is 4.31. The number of nitrogens with one attached hydrogen (secondary N) is 1. The minimum absolute atomic E-state index is 0.262. The van der Waals surface area contributed by atoms with E-state index in [9.17, 15) is 9.90 Å². The smallest absolute Gasteiger partial charge is 0.120 e. The molecule has 0 fully saturated rings. The second-order valence-corrected chi connectivity index (χ2v) is 3.25. The molecule has 1 heterocycles. The number of benzene rings is 1. The molecule has 13 heavy (non-hydrogen) atoms. The van der Waals surface area contributed by atoms with E-state index in [1.54, 1.807) is 12.1 Å². The molecule has 1 atom stereocenters. The van der Waals surface area contributed by atoms with Gasteiger partial charge in [-0.25, -0.2) is 0 Å². The second-order valence-electron chi connectivity index (χ2n) is 3.25. The van der Waals surface area contributed by atoms with Crippen LogP contribution in [0.5, 0.6) is 5.75 Å². The Morgan fingerprint density at radius 2 is 2.46 bits per heavy atom. The standard InChI is InChI=1S/C10H11NO2/c12-4-3-7-6-11-10-5-8(13)1-2-9(7)10/h1-2,4-5,7,11,13H,3,6H2. The van der Waals surface area contributed by atoms with Crippen LogP contribution in [0.4, 0.5) is 5.69 Å². The number of phenolic OH excluding ortho intramolecular Hbond substituents is 1. The van der Waals surface area contributed by atoms with Crippen LogP contribution in [0.2, 0.25) is 0 Å². The highest BCUT2D eigenvalue weighted by atomic mass is 16.3. The summed E-state index contributed by atoms with van der Waals surface area (Å²) in [5.74, 6) is 0.533. The summed E-state index contributed by atoms with van der Waals surface area (Å²) < 4.78 is 0. The van der Waals surface area contributed by atoms with E-state index in [1.807, 2.05) is 6.07 Å². The van der Waals surface area contributed by atoms with Crippen molar-refractivity contribution in [2.45, 2.75) is 12.3 Å². The molecule has 68 valence electrons. The van der Waals surface area contributed by atoms with E-state index < -0.39 is 0 Å². The molecule has 1 aliphatic heterocycles. The van der Waals surface area contributed by atoms with E-state index in [-0.39, 0.29) is 11.7 Å². The molecule has 0 radical (unpaired) electrons. The maximum Gasteiger partial charge on any atom is 0.120 e. The molecule has 3 nitrogen and oxygen atoms in total. The summed E-state index contributed by atoms with van der Waals surface area (Å²) in [4.78, 5) is 10.4. The Labute approximate surface area is 76.4 Å². The van der Waals surface area contributed by atoms with E-state index in [2.05, 4.69) is 5.32 Å². The van der Waals surface area contributed by atoms with E-state index in [1.165, 1.54) is 0 Å². The molecule has 0 saturated heterocycles. The molecule has 0 bridgehead atoms. The van der Waals surface area contributed by atoms with Crippen molar-refractivity contribution in [3.8, 4) is 5.75 Å². The van der Waals surface area contributed by atoms with Crippen LogP contribution in [0.1, 0.15) is 17.9 Å². The summed E-state index contributed by atoms with van der Waals surface area (Å²) in [5, 5.41) is 12.4. The monoisotopic (exact) mass is 177 g/mol. The van der Waals surface area contributed by atoms with Crippen molar-refractivity contribution in [2.75, 3.05) is 11.9 Å². The molecule has 0 aromatic heterocycles. The van der Waals surface area contributed by atoms with Crippen LogP contribution >= 0.6 is 0 Å². The Kier molecular flexibility index (Phi) is 1.93. The first-order chi connectivity index (χ1) is 6.31. The predicted molar refractivity (Wildman–Crippen MR) is 50.0 cm³/mol. The molecule has 1 aliphatic rings. The normalized spacial score (nSPS) is 19.2. The first kappa shape index (κ1) is 8.10. The van der Waals surface area contributed by atoms with Gasteiger partial charge in [-0.3, -0.25) is 0 Å². The van der Waals surface area contributed by atoms with Gasteiger partial charge in [0.2, 0.25) is 0 Å². The third kappa shape index (κ3) is 1.37. The van der Waals surface area contributed by atoms with Gasteiger partial charge in [0, 0.05) is 30.6 Å². The summed E-state index contributed by atoms with van der Waals surface area (Å²) in [6.45, 7) is 0.789. The minimum Gasteiger partial charge on any atom is -0.508 e. The average Bonchev–Trinajstić information content (AvgIpc) is 2.49. The van der Waals surface area contributed by atoms with Gasteiger partial charge in [0.05, 0.1) is 0 Å². The molecule has 0 amide bonds. The van der Waals surface area contributed by atoms with Crippen LogP contribution in [0, 0.1) is 0 Å². The van der Waals surface area contributed by atoms with Crippen LogP contribution in [0.25, 0.3) is 0 Å². The van der Waals surface area contributed by atoms with Crippen molar-refractivity contribution in [3.63, 3.8) is 0 Å². The zero-order valence-corrected chi connectivity index (χ0v) is 7.16. The second kappa shape index (κ2) is 3.09. The summed E-state index contributed by atoms with van der Waals surface area (Å²) in [6, 6.07) is 5.22. The molecule has 2 rings (SSSR count). The summed E-state index contributed by atoms with van der Waals surface area (Å²) in [5.41, 5.74) is 2.08. The number of hydrogen-bond donors (Lipinski definition) is 2. The molecule has 0 spiro atoms. The quantitative estimate of drug-likeness (QED) is 0.673. The maximum atomic E-state index is 10.4. The molecule has 0 aliphatic carbocycles. The third-order valence-electron chi connectivity index (χ3n) is 2.40. The Bertz CT molecular complexity index is 336. The highest BCUT2D eigenvalue weighted by molar-refractivity contribution is 5.63. The lowest BCUT2D eigenvalue weighted by atomic mass is 9.99. The van der Waals surface area contributed by atoms with Crippen LogP contribution in [-0.2, 0) is 4.79 Å². The van der Waals surface area contributed by atoms with Gasteiger partial charge in [-0.05, 0) is 11.6 Å². The fourth-order valence-corrected chi connectivity index (χ4v) is 1.72. The lowest BCUT2D eigenvalue weighted by Crippen LogP contribution is -2.01. The average molecular weight is 177 g/mol. The van der Waals surface area contributed by atoms with E-state index in [0.717, 1.165) is 24.1 Å². The van der Waals surface area contributed by atoms with Gasteiger partial charge < -0.3 is 15.2 Å². The Morgan fingerprint density at radius 1 is 1.62 bits per heavy atom. The zero-order valence-electron chi connectivity index (χ0n) is 7.16. The molecular weight excluding hydrogens is 166 g/mol. The van der Waals surface area contributed by atoms with Crippen molar-refractivity contribution < 1.29 is 9.90 Å². The zero-order chi connectivity index (χ0) is 9.26. The Balaban J connectivity index is 2.32. The molecule has 1 unspecified atom stereocenters. The van der Waals surface area contributed by atoms with Gasteiger partial charge in [-0.2, -0.15) is 0 Å². The number of fused-ring (bicyclic) bond motifs is 1. The van der Waals surface area contributed by atoms with Gasteiger partial charge in [0.15, 0.2) is 0 Å². The van der Waals surface area contributed by atoms with E-state index in [4.69, 9.17) is 0 Å². The molecule has 1 aromatic carbocycles. The predicted octanol–water partition coefficient (Wildman–Crippen LogP) is 1.49. The number of carbonyl (C=O) groups is 1. The van der Waals surface area contributed by atoms with Crippen LogP contribution in [-0.4, -0.2) is 17.9 Å². The van der Waals surface area contributed by atoms with Gasteiger partial charge in [0.25, 0.3) is 0 Å². The highest BCUT2D eigenvalue weighted by Crippen LogP contribution is 2.34.